The molecule has 0 aromatic rings. The minimum atomic E-state index is -0.232. The van der Waals surface area contributed by atoms with E-state index in [1.54, 1.807) is 12.0 Å². The smallest absolute Gasteiger partial charge is 0.409 e. The van der Waals surface area contributed by atoms with Gasteiger partial charge < -0.3 is 29.3 Å². The number of nitrogens with one attached hydrogen (secondary N) is 1. The number of piperazine rings is 1. The van der Waals surface area contributed by atoms with Crippen molar-refractivity contribution in [2.45, 2.75) is 32.3 Å². The number of methoxy groups -OCH3 is 1. The minimum absolute atomic E-state index is 0.230. The second kappa shape index (κ2) is 9.82. The zero-order valence-corrected chi connectivity index (χ0v) is 15.8. The summed E-state index contributed by atoms with van der Waals surface area (Å²) >= 11 is 0. The number of carbonyl (C=O) groups excluding carboxylic acids is 1. The molecule has 1 N–H and O–H groups in total. The van der Waals surface area contributed by atoms with Gasteiger partial charge >= 0.3 is 6.09 Å². The number of carbonyl (C=O) groups is 1. The van der Waals surface area contributed by atoms with Crippen molar-refractivity contribution in [1.82, 2.24) is 15.1 Å². The van der Waals surface area contributed by atoms with Crippen LogP contribution in [0.25, 0.3) is 0 Å². The topological polar surface area (TPSA) is 75.6 Å². The summed E-state index contributed by atoms with van der Waals surface area (Å²) in [5.41, 5.74) is -0.230. The highest BCUT2D eigenvalue weighted by Crippen LogP contribution is 2.24. The summed E-state index contributed by atoms with van der Waals surface area (Å²) < 4.78 is 16.3. The van der Waals surface area contributed by atoms with Gasteiger partial charge in [0.25, 0.3) is 0 Å². The van der Waals surface area contributed by atoms with Crippen molar-refractivity contribution in [2.75, 3.05) is 66.2 Å². The lowest BCUT2D eigenvalue weighted by atomic mass is 9.94. The van der Waals surface area contributed by atoms with Crippen LogP contribution in [0.4, 0.5) is 4.79 Å². The molecule has 0 radical (unpaired) electrons. The number of hydrogen-bond donors (Lipinski definition) is 1. The number of rotatable bonds is 5. The van der Waals surface area contributed by atoms with E-state index in [4.69, 9.17) is 19.2 Å². The van der Waals surface area contributed by atoms with Crippen LogP contribution in [-0.4, -0.2) is 93.7 Å². The largest absolute Gasteiger partial charge is 0.450 e. The second-order valence-corrected chi connectivity index (χ2v) is 6.34. The molecule has 8 nitrogen and oxygen atoms in total. The van der Waals surface area contributed by atoms with Crippen molar-refractivity contribution in [2.24, 2.45) is 4.99 Å². The van der Waals surface area contributed by atoms with E-state index < -0.39 is 0 Å². The molecule has 0 aliphatic carbocycles. The van der Waals surface area contributed by atoms with Crippen molar-refractivity contribution >= 4 is 12.1 Å². The van der Waals surface area contributed by atoms with Gasteiger partial charge in [-0.25, -0.2) is 4.79 Å². The molecule has 0 bridgehead atoms. The standard InChI is InChI=1S/C17H32N4O4/c1-4-18-15(19-14-17(23-3)6-12-24-13-7-17)20-8-10-21(11-9-20)16(22)25-5-2/h4-14H2,1-3H3,(H,18,19). The number of amides is 1. The van der Waals surface area contributed by atoms with E-state index in [-0.39, 0.29) is 11.7 Å². The molecular weight excluding hydrogens is 324 g/mol. The normalized spacial score (nSPS) is 21.2. The first-order valence-electron chi connectivity index (χ1n) is 9.22. The van der Waals surface area contributed by atoms with Gasteiger partial charge in [0.15, 0.2) is 5.96 Å². The Morgan fingerprint density at radius 2 is 1.80 bits per heavy atom. The Morgan fingerprint density at radius 1 is 1.16 bits per heavy atom. The molecule has 1 amide bonds. The van der Waals surface area contributed by atoms with Crippen molar-refractivity contribution < 1.29 is 19.0 Å². The van der Waals surface area contributed by atoms with E-state index in [9.17, 15) is 4.79 Å². The highest BCUT2D eigenvalue weighted by Gasteiger charge is 2.33. The molecule has 144 valence electrons. The summed E-state index contributed by atoms with van der Waals surface area (Å²) in [5.74, 6) is 0.883. The van der Waals surface area contributed by atoms with E-state index in [0.29, 0.717) is 26.2 Å². The SMILES string of the molecule is CCNC(=NCC1(OC)CCOCC1)N1CCN(C(=O)OCC)CC1. The quantitative estimate of drug-likeness (QED) is 0.583. The Balaban J connectivity index is 1.94. The van der Waals surface area contributed by atoms with Gasteiger partial charge in [0.1, 0.15) is 0 Å². The van der Waals surface area contributed by atoms with Gasteiger partial charge in [-0.05, 0) is 13.8 Å². The monoisotopic (exact) mass is 356 g/mol. The fourth-order valence-corrected chi connectivity index (χ4v) is 3.13. The summed E-state index contributed by atoms with van der Waals surface area (Å²) in [6.45, 7) is 9.94. The molecular formula is C17H32N4O4. The Morgan fingerprint density at radius 3 is 2.36 bits per heavy atom. The Kier molecular flexibility index (Phi) is 7.77. The van der Waals surface area contributed by atoms with Crippen molar-refractivity contribution in [3.63, 3.8) is 0 Å². The van der Waals surface area contributed by atoms with Gasteiger partial charge in [-0.3, -0.25) is 4.99 Å². The lowest BCUT2D eigenvalue weighted by Crippen LogP contribution is -2.54. The third-order valence-corrected chi connectivity index (χ3v) is 4.79. The summed E-state index contributed by atoms with van der Waals surface area (Å²) in [7, 11) is 1.76. The molecule has 25 heavy (non-hydrogen) atoms. The summed E-state index contributed by atoms with van der Waals surface area (Å²) in [5, 5.41) is 3.36. The predicted molar refractivity (Wildman–Crippen MR) is 95.9 cm³/mol. The Labute approximate surface area is 150 Å². The van der Waals surface area contributed by atoms with Gasteiger partial charge in [0.05, 0.1) is 18.8 Å². The highest BCUT2D eigenvalue weighted by molar-refractivity contribution is 5.80. The zero-order valence-electron chi connectivity index (χ0n) is 15.8. The van der Waals surface area contributed by atoms with Gasteiger partial charge in [-0.15, -0.1) is 0 Å². The predicted octanol–water partition coefficient (Wildman–Crippen LogP) is 0.922. The lowest BCUT2D eigenvalue weighted by molar-refractivity contribution is -0.0829. The summed E-state index contributed by atoms with van der Waals surface area (Å²) in [6, 6.07) is 0. The number of guanidine groups is 1. The van der Waals surface area contributed by atoms with Crippen LogP contribution in [0, 0.1) is 0 Å². The van der Waals surface area contributed by atoms with E-state index >= 15 is 0 Å². The molecule has 0 aromatic heterocycles. The van der Waals surface area contributed by atoms with E-state index in [2.05, 4.69) is 17.1 Å². The third-order valence-electron chi connectivity index (χ3n) is 4.79. The molecule has 2 heterocycles. The molecule has 2 aliphatic rings. The van der Waals surface area contributed by atoms with Crippen LogP contribution in [0.2, 0.25) is 0 Å². The third kappa shape index (κ3) is 5.47. The maximum absolute atomic E-state index is 11.8. The maximum atomic E-state index is 11.8. The first-order chi connectivity index (χ1) is 12.1. The zero-order chi connectivity index (χ0) is 18.1. The average molecular weight is 356 g/mol. The molecule has 2 fully saturated rings. The van der Waals surface area contributed by atoms with Crippen molar-refractivity contribution in [3.8, 4) is 0 Å². The van der Waals surface area contributed by atoms with E-state index in [0.717, 1.165) is 51.6 Å². The van der Waals surface area contributed by atoms with Gasteiger partial charge in [0, 0.05) is 65.9 Å². The molecule has 2 saturated heterocycles. The van der Waals surface area contributed by atoms with Crippen LogP contribution >= 0.6 is 0 Å². The van der Waals surface area contributed by atoms with Crippen LogP contribution in [0.15, 0.2) is 4.99 Å². The first kappa shape index (κ1) is 19.8. The van der Waals surface area contributed by atoms with E-state index in [1.165, 1.54) is 0 Å². The van der Waals surface area contributed by atoms with Crippen molar-refractivity contribution in [1.29, 1.82) is 0 Å². The molecule has 0 saturated carbocycles. The number of nitrogens with zero attached hydrogens (tertiary/aromatic N) is 3. The van der Waals surface area contributed by atoms with Crippen LogP contribution in [0.3, 0.4) is 0 Å². The summed E-state index contributed by atoms with van der Waals surface area (Å²) in [4.78, 5) is 20.6. The summed E-state index contributed by atoms with van der Waals surface area (Å²) in [6.07, 6.45) is 1.50. The molecule has 0 aromatic carbocycles. The number of aliphatic imine (C=N–C) groups is 1. The molecule has 8 heteroatoms. The number of ether oxygens (including phenoxy) is 3. The molecule has 0 spiro atoms. The fourth-order valence-electron chi connectivity index (χ4n) is 3.13. The van der Waals surface area contributed by atoms with Crippen LogP contribution in [0.1, 0.15) is 26.7 Å². The molecule has 2 aliphatic heterocycles. The van der Waals surface area contributed by atoms with E-state index in [1.807, 2.05) is 6.92 Å². The Bertz CT molecular complexity index is 444. The lowest BCUT2D eigenvalue weighted by Gasteiger charge is -2.37. The van der Waals surface area contributed by atoms with Gasteiger partial charge in [0.2, 0.25) is 0 Å². The maximum Gasteiger partial charge on any atom is 0.409 e. The number of hydrogen-bond acceptors (Lipinski definition) is 5. The van der Waals surface area contributed by atoms with Gasteiger partial charge in [-0.1, -0.05) is 0 Å². The van der Waals surface area contributed by atoms with Gasteiger partial charge in [-0.2, -0.15) is 0 Å². The van der Waals surface area contributed by atoms with Crippen LogP contribution in [-0.2, 0) is 14.2 Å². The fraction of sp³-hybridized carbons (Fsp3) is 0.882. The van der Waals surface area contributed by atoms with Crippen LogP contribution < -0.4 is 5.32 Å². The minimum Gasteiger partial charge on any atom is -0.450 e. The van der Waals surface area contributed by atoms with Crippen LogP contribution in [0.5, 0.6) is 0 Å². The molecule has 2 rings (SSSR count). The molecule has 0 unspecified atom stereocenters. The van der Waals surface area contributed by atoms with Crippen molar-refractivity contribution in [3.05, 3.63) is 0 Å². The average Bonchev–Trinajstić information content (AvgIpc) is 2.66. The Hall–Kier alpha value is -1.54. The second-order valence-electron chi connectivity index (χ2n) is 6.34. The first-order valence-corrected chi connectivity index (χ1v) is 9.22. The highest BCUT2D eigenvalue weighted by atomic mass is 16.6. The molecule has 0 atom stereocenters.